The van der Waals surface area contributed by atoms with Gasteiger partial charge in [0.2, 0.25) is 21.8 Å². The lowest BCUT2D eigenvalue weighted by molar-refractivity contribution is -0.139. The summed E-state index contributed by atoms with van der Waals surface area (Å²) in [7, 11) is -3.86. The van der Waals surface area contributed by atoms with E-state index in [1.807, 2.05) is 37.3 Å². The number of anilines is 1. The summed E-state index contributed by atoms with van der Waals surface area (Å²) in [6.07, 6.45) is 1.74. The molecular formula is C22H27Cl2N3O4S. The first-order valence-corrected chi connectivity index (χ1v) is 12.7. The van der Waals surface area contributed by atoms with Crippen LogP contribution in [0.15, 0.2) is 48.5 Å². The molecule has 174 valence electrons. The minimum Gasteiger partial charge on any atom is -0.354 e. The van der Waals surface area contributed by atoms with Crippen LogP contribution < -0.4 is 9.62 Å². The SMILES string of the molecule is CCCNC(=O)C(C)N(Cc1ccccc1)C(=O)CN(c1ccc(Cl)cc1Cl)S(C)(=O)=O. The van der Waals surface area contributed by atoms with E-state index < -0.39 is 28.5 Å². The Bertz CT molecular complexity index is 1050. The van der Waals surface area contributed by atoms with Crippen molar-refractivity contribution in [3.05, 3.63) is 64.1 Å². The molecule has 10 heteroatoms. The fourth-order valence-corrected chi connectivity index (χ4v) is 4.46. The van der Waals surface area contributed by atoms with Gasteiger partial charge in [-0.1, -0.05) is 60.5 Å². The molecule has 0 saturated heterocycles. The zero-order valence-electron chi connectivity index (χ0n) is 18.2. The molecule has 0 heterocycles. The number of carbonyl (C=O) groups excluding carboxylic acids is 2. The molecule has 0 aliphatic heterocycles. The minimum absolute atomic E-state index is 0.0964. The van der Waals surface area contributed by atoms with Crippen LogP contribution >= 0.6 is 23.2 Å². The molecule has 2 aromatic rings. The second-order valence-corrected chi connectivity index (χ2v) is 10.1. The molecule has 0 spiro atoms. The Morgan fingerprint density at radius 2 is 1.75 bits per heavy atom. The van der Waals surface area contributed by atoms with Crippen LogP contribution in [0.1, 0.15) is 25.8 Å². The number of benzene rings is 2. The van der Waals surface area contributed by atoms with Gasteiger partial charge in [0.25, 0.3) is 0 Å². The van der Waals surface area contributed by atoms with E-state index in [2.05, 4.69) is 5.32 Å². The fourth-order valence-electron chi connectivity index (χ4n) is 3.04. The summed E-state index contributed by atoms with van der Waals surface area (Å²) in [5, 5.41) is 3.22. The molecule has 1 unspecified atom stereocenters. The normalized spacial score (nSPS) is 12.2. The Labute approximate surface area is 199 Å². The zero-order valence-corrected chi connectivity index (χ0v) is 20.5. The maximum Gasteiger partial charge on any atom is 0.244 e. The van der Waals surface area contributed by atoms with Crippen LogP contribution in [-0.4, -0.2) is 50.5 Å². The third-order valence-electron chi connectivity index (χ3n) is 4.77. The van der Waals surface area contributed by atoms with E-state index >= 15 is 0 Å². The van der Waals surface area contributed by atoms with Crippen molar-refractivity contribution in [1.82, 2.24) is 10.2 Å². The summed E-state index contributed by atoms with van der Waals surface area (Å²) >= 11 is 12.1. The number of nitrogens with one attached hydrogen (secondary N) is 1. The molecule has 0 saturated carbocycles. The standard InChI is InChI=1S/C22H27Cl2N3O4S/c1-4-12-25-22(29)16(2)26(14-17-8-6-5-7-9-17)21(28)15-27(32(3,30)31)20-11-10-18(23)13-19(20)24/h5-11,13,16H,4,12,14-15H2,1-3H3,(H,25,29). The number of nitrogens with zero attached hydrogens (tertiary/aromatic N) is 2. The van der Waals surface area contributed by atoms with Gasteiger partial charge >= 0.3 is 0 Å². The van der Waals surface area contributed by atoms with Crippen LogP contribution in [0, 0.1) is 0 Å². The van der Waals surface area contributed by atoms with E-state index in [0.29, 0.717) is 11.6 Å². The predicted octanol–water partition coefficient (Wildman–Crippen LogP) is 3.70. The molecule has 1 atom stereocenters. The van der Waals surface area contributed by atoms with Crippen LogP contribution in [-0.2, 0) is 26.2 Å². The molecule has 0 radical (unpaired) electrons. The van der Waals surface area contributed by atoms with Gasteiger partial charge in [0.1, 0.15) is 12.6 Å². The monoisotopic (exact) mass is 499 g/mol. The van der Waals surface area contributed by atoms with Crippen molar-refractivity contribution in [2.75, 3.05) is 23.7 Å². The third kappa shape index (κ3) is 7.12. The molecule has 0 aromatic heterocycles. The third-order valence-corrected chi connectivity index (χ3v) is 6.43. The van der Waals surface area contributed by atoms with E-state index in [1.54, 1.807) is 6.92 Å². The van der Waals surface area contributed by atoms with Crippen molar-refractivity contribution in [3.63, 3.8) is 0 Å². The second-order valence-electron chi connectivity index (χ2n) is 7.34. The van der Waals surface area contributed by atoms with Crippen molar-refractivity contribution < 1.29 is 18.0 Å². The molecule has 1 N–H and O–H groups in total. The van der Waals surface area contributed by atoms with Gasteiger partial charge in [-0.3, -0.25) is 13.9 Å². The first-order chi connectivity index (χ1) is 15.0. The zero-order chi connectivity index (χ0) is 23.9. The Morgan fingerprint density at radius 3 is 2.31 bits per heavy atom. The van der Waals surface area contributed by atoms with E-state index in [4.69, 9.17) is 23.2 Å². The van der Waals surface area contributed by atoms with Crippen LogP contribution in [0.5, 0.6) is 0 Å². The average Bonchev–Trinajstić information content (AvgIpc) is 2.74. The molecule has 0 fully saturated rings. The Hall–Kier alpha value is -2.29. The number of hydrogen-bond donors (Lipinski definition) is 1. The molecule has 0 bridgehead atoms. The highest BCUT2D eigenvalue weighted by Gasteiger charge is 2.30. The van der Waals surface area contributed by atoms with Gasteiger partial charge in [-0.15, -0.1) is 0 Å². The summed E-state index contributed by atoms with van der Waals surface area (Å²) in [4.78, 5) is 27.3. The van der Waals surface area contributed by atoms with E-state index in [1.165, 1.54) is 23.1 Å². The molecule has 7 nitrogen and oxygen atoms in total. The summed E-state index contributed by atoms with van der Waals surface area (Å²) < 4.78 is 25.9. The van der Waals surface area contributed by atoms with Gasteiger partial charge in [-0.2, -0.15) is 0 Å². The van der Waals surface area contributed by atoms with Crippen molar-refractivity contribution in [3.8, 4) is 0 Å². The van der Waals surface area contributed by atoms with Gasteiger partial charge < -0.3 is 10.2 Å². The topological polar surface area (TPSA) is 86.8 Å². The highest BCUT2D eigenvalue weighted by atomic mass is 35.5. The van der Waals surface area contributed by atoms with E-state index in [-0.39, 0.29) is 23.2 Å². The largest absolute Gasteiger partial charge is 0.354 e. The predicted molar refractivity (Wildman–Crippen MR) is 128 cm³/mol. The van der Waals surface area contributed by atoms with Crippen LogP contribution in [0.25, 0.3) is 0 Å². The van der Waals surface area contributed by atoms with Crippen molar-refractivity contribution in [1.29, 1.82) is 0 Å². The highest BCUT2D eigenvalue weighted by molar-refractivity contribution is 7.92. The number of sulfonamides is 1. The lowest BCUT2D eigenvalue weighted by Crippen LogP contribution is -2.51. The Morgan fingerprint density at radius 1 is 1.09 bits per heavy atom. The second kappa shape index (κ2) is 11.5. The highest BCUT2D eigenvalue weighted by Crippen LogP contribution is 2.30. The summed E-state index contributed by atoms with van der Waals surface area (Å²) in [6.45, 7) is 3.65. The molecule has 2 aromatic carbocycles. The van der Waals surface area contributed by atoms with Crippen molar-refractivity contribution in [2.24, 2.45) is 0 Å². The van der Waals surface area contributed by atoms with Gasteiger partial charge in [0.15, 0.2) is 0 Å². The number of rotatable bonds is 10. The molecule has 0 aliphatic rings. The summed E-state index contributed by atoms with van der Waals surface area (Å²) in [6, 6.07) is 12.7. The average molecular weight is 500 g/mol. The van der Waals surface area contributed by atoms with Gasteiger partial charge in [-0.05, 0) is 37.1 Å². The lowest BCUT2D eigenvalue weighted by atomic mass is 10.1. The Kier molecular flexibility index (Phi) is 9.36. The summed E-state index contributed by atoms with van der Waals surface area (Å²) in [5.74, 6) is -0.851. The molecule has 32 heavy (non-hydrogen) atoms. The number of carbonyl (C=O) groups is 2. The smallest absolute Gasteiger partial charge is 0.244 e. The molecular weight excluding hydrogens is 473 g/mol. The Balaban J connectivity index is 2.38. The quantitative estimate of drug-likeness (QED) is 0.539. The van der Waals surface area contributed by atoms with Gasteiger partial charge in [0.05, 0.1) is 17.0 Å². The first-order valence-electron chi connectivity index (χ1n) is 10.1. The van der Waals surface area contributed by atoms with Gasteiger partial charge in [-0.25, -0.2) is 8.42 Å². The molecule has 2 rings (SSSR count). The van der Waals surface area contributed by atoms with E-state index in [9.17, 15) is 18.0 Å². The molecule has 2 amide bonds. The van der Waals surface area contributed by atoms with Gasteiger partial charge in [0, 0.05) is 18.1 Å². The fraction of sp³-hybridized carbons (Fsp3) is 0.364. The maximum atomic E-state index is 13.3. The van der Waals surface area contributed by atoms with E-state index in [0.717, 1.165) is 22.5 Å². The van der Waals surface area contributed by atoms with Crippen molar-refractivity contribution >= 4 is 50.7 Å². The first kappa shape index (κ1) is 26.0. The maximum absolute atomic E-state index is 13.3. The molecule has 0 aliphatic carbocycles. The number of hydrogen-bond acceptors (Lipinski definition) is 4. The number of amides is 2. The number of halogens is 2. The minimum atomic E-state index is -3.86. The van der Waals surface area contributed by atoms with Crippen LogP contribution in [0.4, 0.5) is 5.69 Å². The summed E-state index contributed by atoms with van der Waals surface area (Å²) in [5.41, 5.74) is 0.945. The van der Waals surface area contributed by atoms with Crippen LogP contribution in [0.3, 0.4) is 0 Å². The van der Waals surface area contributed by atoms with Crippen molar-refractivity contribution in [2.45, 2.75) is 32.9 Å². The lowest BCUT2D eigenvalue weighted by Gasteiger charge is -2.31. The van der Waals surface area contributed by atoms with Crippen LogP contribution in [0.2, 0.25) is 10.0 Å².